The van der Waals surface area contributed by atoms with Crippen LogP contribution in [0.5, 0.6) is 0 Å². The molecule has 0 aliphatic heterocycles. The van der Waals surface area contributed by atoms with E-state index in [4.69, 9.17) is 16.3 Å². The minimum Gasteiger partial charge on any atom is -0.465 e. The van der Waals surface area contributed by atoms with Crippen LogP contribution >= 0.6 is 11.6 Å². The fourth-order valence-corrected chi connectivity index (χ4v) is 1.42. The molecule has 16 heavy (non-hydrogen) atoms. The van der Waals surface area contributed by atoms with Crippen molar-refractivity contribution in [3.63, 3.8) is 0 Å². The molecular weight excluding hydrogens is 224 g/mol. The molecule has 0 saturated carbocycles. The average Bonchev–Trinajstić information content (AvgIpc) is 2.30. The summed E-state index contributed by atoms with van der Waals surface area (Å²) in [6, 6.07) is 7.61. The zero-order chi connectivity index (χ0) is 11.8. The van der Waals surface area contributed by atoms with E-state index in [1.54, 1.807) is 6.92 Å². The first-order valence-electron chi connectivity index (χ1n) is 5.06. The van der Waals surface area contributed by atoms with Crippen molar-refractivity contribution in [2.45, 2.75) is 19.2 Å². The van der Waals surface area contributed by atoms with Crippen molar-refractivity contribution in [3.05, 3.63) is 35.4 Å². The number of esters is 1. The number of hydrogen-bond donors (Lipinski definition) is 0. The van der Waals surface area contributed by atoms with E-state index in [0.717, 1.165) is 11.1 Å². The van der Waals surface area contributed by atoms with Gasteiger partial charge in [-0.2, -0.15) is 0 Å². The lowest BCUT2D eigenvalue weighted by Gasteiger charge is -1.98. The van der Waals surface area contributed by atoms with Crippen LogP contribution < -0.4 is 0 Å². The molecule has 1 aromatic carbocycles. The normalized spacial score (nSPS) is 9.12. The summed E-state index contributed by atoms with van der Waals surface area (Å²) in [5.41, 5.74) is 1.84. The highest BCUT2D eigenvalue weighted by Crippen LogP contribution is 2.09. The molecule has 0 aromatic heterocycles. The predicted octanol–water partition coefficient (Wildman–Crippen LogP) is 2.73. The molecule has 3 heteroatoms. The van der Waals surface area contributed by atoms with E-state index in [1.807, 2.05) is 24.3 Å². The van der Waals surface area contributed by atoms with E-state index in [0.29, 0.717) is 12.5 Å². The number of hydrogen-bond acceptors (Lipinski definition) is 2. The van der Waals surface area contributed by atoms with Crippen LogP contribution in [0.3, 0.4) is 0 Å². The molecule has 0 fully saturated rings. The average molecular weight is 237 g/mol. The van der Waals surface area contributed by atoms with Crippen LogP contribution in [0.2, 0.25) is 0 Å². The van der Waals surface area contributed by atoms with E-state index >= 15 is 0 Å². The van der Waals surface area contributed by atoms with Gasteiger partial charge in [-0.1, -0.05) is 30.0 Å². The number of alkyl halides is 1. The first-order chi connectivity index (χ1) is 7.77. The van der Waals surface area contributed by atoms with Gasteiger partial charge >= 0.3 is 5.97 Å². The minimum absolute atomic E-state index is 0.116. The van der Waals surface area contributed by atoms with E-state index < -0.39 is 0 Å². The van der Waals surface area contributed by atoms with Crippen LogP contribution in [0.25, 0.3) is 0 Å². The van der Waals surface area contributed by atoms with Gasteiger partial charge < -0.3 is 4.74 Å². The Balaban J connectivity index is 2.66. The second-order valence-electron chi connectivity index (χ2n) is 3.07. The number of halogens is 1. The Labute approximate surface area is 101 Å². The molecule has 0 unspecified atom stereocenters. The van der Waals surface area contributed by atoms with Crippen molar-refractivity contribution in [1.82, 2.24) is 0 Å². The van der Waals surface area contributed by atoms with E-state index in [2.05, 4.69) is 11.8 Å². The highest BCUT2D eigenvalue weighted by molar-refractivity contribution is 6.17. The van der Waals surface area contributed by atoms with Gasteiger partial charge in [-0.15, -0.1) is 11.6 Å². The Morgan fingerprint density at radius 1 is 1.44 bits per heavy atom. The van der Waals surface area contributed by atoms with Crippen LogP contribution in [0, 0.1) is 11.8 Å². The maximum Gasteiger partial charge on any atom is 0.317 e. The second-order valence-corrected chi connectivity index (χ2v) is 3.34. The summed E-state index contributed by atoms with van der Waals surface area (Å²) in [4.78, 5) is 11.0. The van der Waals surface area contributed by atoms with Gasteiger partial charge in [0.05, 0.1) is 6.61 Å². The Hall–Kier alpha value is -1.46. The summed E-state index contributed by atoms with van der Waals surface area (Å²) in [5.74, 6) is 5.82. The molecule has 1 aromatic rings. The van der Waals surface area contributed by atoms with E-state index in [-0.39, 0.29) is 12.4 Å². The molecule has 0 N–H and O–H groups in total. The summed E-state index contributed by atoms with van der Waals surface area (Å²) >= 11 is 5.76. The van der Waals surface area contributed by atoms with Crippen LogP contribution in [-0.2, 0) is 15.4 Å². The largest absolute Gasteiger partial charge is 0.465 e. The fraction of sp³-hybridized carbons (Fsp3) is 0.308. The monoisotopic (exact) mass is 236 g/mol. The topological polar surface area (TPSA) is 26.3 Å². The third-order valence-electron chi connectivity index (χ3n) is 1.92. The first-order valence-corrected chi connectivity index (χ1v) is 5.59. The van der Waals surface area contributed by atoms with Crippen molar-refractivity contribution in [2.24, 2.45) is 0 Å². The lowest BCUT2D eigenvalue weighted by molar-refractivity contribution is -0.141. The molecule has 0 radical (unpaired) electrons. The molecule has 0 aliphatic rings. The zero-order valence-electron chi connectivity index (χ0n) is 9.13. The minimum atomic E-state index is -0.293. The van der Waals surface area contributed by atoms with Crippen molar-refractivity contribution >= 4 is 17.6 Å². The quantitative estimate of drug-likeness (QED) is 0.458. The van der Waals surface area contributed by atoms with Crippen LogP contribution in [-0.4, -0.2) is 12.6 Å². The van der Waals surface area contributed by atoms with Crippen molar-refractivity contribution in [1.29, 1.82) is 0 Å². The van der Waals surface area contributed by atoms with E-state index in [9.17, 15) is 4.79 Å². The van der Waals surface area contributed by atoms with Crippen LogP contribution in [0.4, 0.5) is 0 Å². The number of benzene rings is 1. The summed E-state index contributed by atoms with van der Waals surface area (Å²) in [6.07, 6.45) is 0.116. The predicted molar refractivity (Wildman–Crippen MR) is 64.1 cm³/mol. The van der Waals surface area contributed by atoms with E-state index in [1.165, 1.54) is 0 Å². The van der Waals surface area contributed by atoms with Gasteiger partial charge in [0, 0.05) is 11.4 Å². The Kier molecular flexibility index (Phi) is 5.45. The fourth-order valence-electron chi connectivity index (χ4n) is 1.18. The third-order valence-corrected chi connectivity index (χ3v) is 2.21. The Morgan fingerprint density at radius 2 is 2.19 bits per heavy atom. The lowest BCUT2D eigenvalue weighted by Crippen LogP contribution is -2.01. The smallest absolute Gasteiger partial charge is 0.317 e. The molecule has 84 valence electrons. The van der Waals surface area contributed by atoms with Gasteiger partial charge in [0.25, 0.3) is 0 Å². The lowest BCUT2D eigenvalue weighted by atomic mass is 10.1. The van der Waals surface area contributed by atoms with Crippen molar-refractivity contribution in [2.75, 3.05) is 6.61 Å². The Morgan fingerprint density at radius 3 is 2.88 bits per heavy atom. The number of rotatable bonds is 3. The molecule has 2 nitrogen and oxygen atoms in total. The highest BCUT2D eigenvalue weighted by Gasteiger charge is 1.98. The van der Waals surface area contributed by atoms with Gasteiger partial charge in [-0.25, -0.2) is 0 Å². The van der Waals surface area contributed by atoms with Gasteiger partial charge in [-0.3, -0.25) is 4.79 Å². The summed E-state index contributed by atoms with van der Waals surface area (Å²) in [6.45, 7) is 2.16. The first kappa shape index (κ1) is 12.6. The molecule has 0 amide bonds. The molecule has 1 rings (SSSR count). The molecule has 0 aliphatic carbocycles. The molecule has 0 saturated heterocycles. The third kappa shape index (κ3) is 3.96. The number of carbonyl (C=O) groups is 1. The summed E-state index contributed by atoms with van der Waals surface area (Å²) in [7, 11) is 0. The van der Waals surface area contributed by atoms with Gasteiger partial charge in [-0.05, 0) is 18.6 Å². The second kappa shape index (κ2) is 6.92. The van der Waals surface area contributed by atoms with Crippen molar-refractivity contribution in [3.8, 4) is 11.8 Å². The molecule has 0 heterocycles. The SMILES string of the molecule is CCOC(=O)CC#Cc1ccccc1CCl. The molecule has 0 spiro atoms. The Bertz CT molecular complexity index is 415. The molecule has 0 bridgehead atoms. The van der Waals surface area contributed by atoms with Gasteiger partial charge in [0.15, 0.2) is 0 Å². The van der Waals surface area contributed by atoms with Gasteiger partial charge in [0.1, 0.15) is 6.42 Å². The van der Waals surface area contributed by atoms with Crippen molar-refractivity contribution < 1.29 is 9.53 Å². The standard InChI is InChI=1S/C13H13ClO2/c1-2-16-13(15)9-5-8-11-6-3-4-7-12(11)10-14/h3-4,6-7H,2,9-10H2,1H3. The van der Waals surface area contributed by atoms with Crippen LogP contribution in [0.15, 0.2) is 24.3 Å². The van der Waals surface area contributed by atoms with Gasteiger partial charge in [0.2, 0.25) is 0 Å². The number of carbonyl (C=O) groups excluding carboxylic acids is 1. The maximum absolute atomic E-state index is 11.0. The maximum atomic E-state index is 11.0. The number of ether oxygens (including phenoxy) is 1. The summed E-state index contributed by atoms with van der Waals surface area (Å²) < 4.78 is 4.77. The highest BCUT2D eigenvalue weighted by atomic mass is 35.5. The zero-order valence-corrected chi connectivity index (χ0v) is 9.88. The molecular formula is C13H13ClO2. The van der Waals surface area contributed by atoms with Crippen LogP contribution in [0.1, 0.15) is 24.5 Å². The summed E-state index contributed by atoms with van der Waals surface area (Å²) in [5, 5.41) is 0. The molecule has 0 atom stereocenters.